The maximum absolute atomic E-state index is 13.1. The largest absolute Gasteiger partial charge is 0.489 e. The number of alkyl halides is 3. The van der Waals surface area contributed by atoms with Crippen LogP contribution in [0.1, 0.15) is 28.2 Å². The molecule has 0 spiro atoms. The molecule has 1 aliphatic rings. The summed E-state index contributed by atoms with van der Waals surface area (Å²) in [6.45, 7) is 0.416. The average Bonchev–Trinajstić information content (AvgIpc) is 3.30. The number of halogens is 3. The van der Waals surface area contributed by atoms with Gasteiger partial charge in [-0.05, 0) is 47.5 Å². The Balaban J connectivity index is 1.48. The summed E-state index contributed by atoms with van der Waals surface area (Å²) in [6, 6.07) is 23.7. The molecule has 4 aromatic rings. The molecular weight excluding hydrogens is 469 g/mol. The number of rotatable bonds is 5. The predicted octanol–water partition coefficient (Wildman–Crippen LogP) is 5.89. The Kier molecular flexibility index (Phi) is 5.86. The SMILES string of the molecule is N#CC1=C(N)Oc2n[nH]c(-c3ccc(OCc4ccccc4)cc3)c2[C@H]1c1ccc(C(F)(F)F)cc1. The molecule has 3 N–H and O–H groups in total. The Morgan fingerprint density at radius 1 is 1.00 bits per heavy atom. The number of aromatic amines is 1. The molecule has 1 atom stereocenters. The van der Waals surface area contributed by atoms with Crippen LogP contribution in [-0.2, 0) is 12.8 Å². The molecule has 0 unspecified atom stereocenters. The first-order chi connectivity index (χ1) is 17.3. The third kappa shape index (κ3) is 4.36. The molecule has 0 radical (unpaired) electrons. The minimum Gasteiger partial charge on any atom is -0.489 e. The highest BCUT2D eigenvalue weighted by Gasteiger charge is 2.36. The van der Waals surface area contributed by atoms with Crippen molar-refractivity contribution in [1.29, 1.82) is 5.26 Å². The molecule has 180 valence electrons. The second-order valence-electron chi connectivity index (χ2n) is 8.16. The fourth-order valence-corrected chi connectivity index (χ4v) is 4.12. The summed E-state index contributed by atoms with van der Waals surface area (Å²) in [5, 5.41) is 16.9. The van der Waals surface area contributed by atoms with Crippen LogP contribution in [0.15, 0.2) is 90.3 Å². The number of nitriles is 1. The van der Waals surface area contributed by atoms with E-state index in [2.05, 4.69) is 10.2 Å². The van der Waals surface area contributed by atoms with Crippen LogP contribution in [0.25, 0.3) is 11.3 Å². The molecule has 2 heterocycles. The van der Waals surface area contributed by atoms with Crippen LogP contribution in [0.5, 0.6) is 11.6 Å². The van der Waals surface area contributed by atoms with Crippen molar-refractivity contribution >= 4 is 0 Å². The van der Waals surface area contributed by atoms with E-state index in [4.69, 9.17) is 15.2 Å². The first-order valence-electron chi connectivity index (χ1n) is 11.0. The monoisotopic (exact) mass is 488 g/mol. The molecule has 5 rings (SSSR count). The molecule has 0 aliphatic carbocycles. The lowest BCUT2D eigenvalue weighted by Crippen LogP contribution is -2.21. The van der Waals surface area contributed by atoms with E-state index >= 15 is 0 Å². The van der Waals surface area contributed by atoms with Crippen molar-refractivity contribution in [3.63, 3.8) is 0 Å². The number of hydrogen-bond donors (Lipinski definition) is 2. The van der Waals surface area contributed by atoms with E-state index in [-0.39, 0.29) is 17.3 Å². The lowest BCUT2D eigenvalue weighted by Gasteiger charge is -2.24. The van der Waals surface area contributed by atoms with E-state index in [1.54, 1.807) is 12.1 Å². The zero-order chi connectivity index (χ0) is 25.3. The molecule has 0 saturated carbocycles. The van der Waals surface area contributed by atoms with Gasteiger partial charge in [0.15, 0.2) is 0 Å². The van der Waals surface area contributed by atoms with Gasteiger partial charge in [0.05, 0.1) is 22.7 Å². The zero-order valence-electron chi connectivity index (χ0n) is 18.7. The molecule has 9 heteroatoms. The van der Waals surface area contributed by atoms with Crippen molar-refractivity contribution in [2.75, 3.05) is 0 Å². The maximum Gasteiger partial charge on any atom is 0.416 e. The quantitative estimate of drug-likeness (QED) is 0.365. The van der Waals surface area contributed by atoms with Gasteiger partial charge in [-0.1, -0.05) is 42.5 Å². The fourth-order valence-electron chi connectivity index (χ4n) is 4.12. The van der Waals surface area contributed by atoms with Crippen molar-refractivity contribution in [3.05, 3.63) is 113 Å². The summed E-state index contributed by atoms with van der Waals surface area (Å²) in [6.07, 6.45) is -4.47. The van der Waals surface area contributed by atoms with E-state index in [1.165, 1.54) is 12.1 Å². The number of benzene rings is 3. The lowest BCUT2D eigenvalue weighted by atomic mass is 9.83. The van der Waals surface area contributed by atoms with Crippen LogP contribution in [0.2, 0.25) is 0 Å². The van der Waals surface area contributed by atoms with Gasteiger partial charge < -0.3 is 15.2 Å². The highest BCUT2D eigenvalue weighted by atomic mass is 19.4. The summed E-state index contributed by atoms with van der Waals surface area (Å²) >= 11 is 0. The van der Waals surface area contributed by atoms with Crippen molar-refractivity contribution in [3.8, 4) is 29.0 Å². The van der Waals surface area contributed by atoms with Crippen LogP contribution in [0, 0.1) is 11.3 Å². The highest BCUT2D eigenvalue weighted by molar-refractivity contribution is 5.71. The molecule has 3 aromatic carbocycles. The van der Waals surface area contributed by atoms with Crippen molar-refractivity contribution < 1.29 is 22.6 Å². The van der Waals surface area contributed by atoms with Crippen molar-refractivity contribution in [1.82, 2.24) is 10.2 Å². The number of nitrogens with two attached hydrogens (primary N) is 1. The van der Waals surface area contributed by atoms with Gasteiger partial charge in [-0.3, -0.25) is 5.10 Å². The van der Waals surface area contributed by atoms with E-state index in [0.29, 0.717) is 29.2 Å². The van der Waals surface area contributed by atoms with Gasteiger partial charge in [-0.25, -0.2) is 0 Å². The number of ether oxygens (including phenoxy) is 2. The van der Waals surface area contributed by atoms with Crippen LogP contribution in [-0.4, -0.2) is 10.2 Å². The lowest BCUT2D eigenvalue weighted by molar-refractivity contribution is -0.137. The summed E-state index contributed by atoms with van der Waals surface area (Å²) < 4.78 is 50.7. The Bertz CT molecular complexity index is 1450. The first kappa shape index (κ1) is 23.1. The normalized spacial score (nSPS) is 15.1. The first-order valence-corrected chi connectivity index (χ1v) is 11.0. The predicted molar refractivity (Wildman–Crippen MR) is 126 cm³/mol. The second-order valence-corrected chi connectivity index (χ2v) is 8.16. The zero-order valence-corrected chi connectivity index (χ0v) is 18.7. The molecule has 6 nitrogen and oxygen atoms in total. The summed E-state index contributed by atoms with van der Waals surface area (Å²) in [5.74, 6) is -0.0782. The number of nitrogens with one attached hydrogen (secondary N) is 1. The van der Waals surface area contributed by atoms with Crippen LogP contribution in [0.4, 0.5) is 13.2 Å². The van der Waals surface area contributed by atoms with E-state index < -0.39 is 17.7 Å². The van der Waals surface area contributed by atoms with Crippen molar-refractivity contribution in [2.45, 2.75) is 18.7 Å². The van der Waals surface area contributed by atoms with Gasteiger partial charge in [0.25, 0.3) is 0 Å². The number of hydrogen-bond acceptors (Lipinski definition) is 5. The number of nitrogens with zero attached hydrogens (tertiary/aromatic N) is 2. The molecule has 1 aliphatic heterocycles. The van der Waals surface area contributed by atoms with Gasteiger partial charge >= 0.3 is 6.18 Å². The summed E-state index contributed by atoms with van der Waals surface area (Å²) in [5.41, 5.74) is 8.57. The van der Waals surface area contributed by atoms with Crippen LogP contribution < -0.4 is 15.2 Å². The Labute approximate surface area is 204 Å². The molecule has 36 heavy (non-hydrogen) atoms. The van der Waals surface area contributed by atoms with Crippen LogP contribution in [0.3, 0.4) is 0 Å². The van der Waals surface area contributed by atoms with E-state index in [0.717, 1.165) is 23.3 Å². The number of fused-ring (bicyclic) bond motifs is 1. The fraction of sp³-hybridized carbons (Fsp3) is 0.111. The standard InChI is InChI=1S/C27H19F3N4O2/c28-27(29,30)19-10-6-17(7-11-19)22-21(14-31)25(32)36-26-23(22)24(33-34-26)18-8-12-20(13-9-18)35-15-16-4-2-1-3-5-16/h1-13,22H,15,32H2,(H,33,34)/t22-/m0/s1. The summed E-state index contributed by atoms with van der Waals surface area (Å²) in [4.78, 5) is 0. The molecule has 0 bridgehead atoms. The summed E-state index contributed by atoms with van der Waals surface area (Å²) in [7, 11) is 0. The maximum atomic E-state index is 13.1. The molecule has 0 saturated heterocycles. The molecule has 1 aromatic heterocycles. The van der Waals surface area contributed by atoms with E-state index in [1.807, 2.05) is 48.5 Å². The van der Waals surface area contributed by atoms with Gasteiger partial charge in [0, 0.05) is 5.56 Å². The second kappa shape index (κ2) is 9.15. The number of aromatic nitrogens is 2. The van der Waals surface area contributed by atoms with Gasteiger partial charge in [-0.2, -0.15) is 18.4 Å². The number of H-pyrrole nitrogens is 1. The third-order valence-electron chi connectivity index (χ3n) is 5.90. The molecule has 0 fully saturated rings. The topological polar surface area (TPSA) is 97.0 Å². The van der Waals surface area contributed by atoms with Gasteiger partial charge in [0.1, 0.15) is 24.0 Å². The average molecular weight is 488 g/mol. The van der Waals surface area contributed by atoms with E-state index in [9.17, 15) is 18.4 Å². The Morgan fingerprint density at radius 3 is 2.33 bits per heavy atom. The Hall–Kier alpha value is -4.71. The highest BCUT2D eigenvalue weighted by Crippen LogP contribution is 2.46. The minimum atomic E-state index is -4.47. The Morgan fingerprint density at radius 2 is 1.69 bits per heavy atom. The van der Waals surface area contributed by atoms with Crippen molar-refractivity contribution in [2.24, 2.45) is 5.73 Å². The smallest absolute Gasteiger partial charge is 0.416 e. The van der Waals surface area contributed by atoms with Crippen LogP contribution >= 0.6 is 0 Å². The molecule has 0 amide bonds. The van der Waals surface area contributed by atoms with Gasteiger partial charge in [0.2, 0.25) is 11.8 Å². The molecular formula is C27H19F3N4O2. The third-order valence-corrected chi connectivity index (χ3v) is 5.90. The number of allylic oxidation sites excluding steroid dienone is 1. The minimum absolute atomic E-state index is 0.0905. The van der Waals surface area contributed by atoms with Gasteiger partial charge in [-0.15, -0.1) is 5.10 Å².